The van der Waals surface area contributed by atoms with Gasteiger partial charge in [0, 0.05) is 24.0 Å². The lowest BCUT2D eigenvalue weighted by Gasteiger charge is -2.14. The molecule has 2 rings (SSSR count). The van der Waals surface area contributed by atoms with Gasteiger partial charge >= 0.3 is 5.97 Å². The van der Waals surface area contributed by atoms with Gasteiger partial charge in [0.2, 0.25) is 0 Å². The number of carboxylic acids is 1. The summed E-state index contributed by atoms with van der Waals surface area (Å²) in [6.45, 7) is 8.57. The van der Waals surface area contributed by atoms with E-state index < -0.39 is 5.97 Å². The van der Waals surface area contributed by atoms with E-state index in [1.165, 1.54) is 19.2 Å². The van der Waals surface area contributed by atoms with Crippen LogP contribution in [-0.4, -0.2) is 35.2 Å². The number of hydrogen-bond acceptors (Lipinski definition) is 3. The fourth-order valence-corrected chi connectivity index (χ4v) is 3.29. The summed E-state index contributed by atoms with van der Waals surface area (Å²) in [5.74, 6) is -0.591. The fraction of sp³-hybridized carbons (Fsp3) is 0.400. The molecule has 2 aromatic rings. The van der Waals surface area contributed by atoms with Crippen molar-refractivity contribution in [1.82, 2.24) is 9.88 Å². The highest BCUT2D eigenvalue weighted by molar-refractivity contribution is 5.95. The van der Waals surface area contributed by atoms with E-state index in [-0.39, 0.29) is 11.5 Å². The number of carboxylic acid groups (broad SMARTS) is 1. The van der Waals surface area contributed by atoms with Crippen LogP contribution in [0.1, 0.15) is 57.6 Å². The van der Waals surface area contributed by atoms with Crippen LogP contribution >= 0.6 is 0 Å². The van der Waals surface area contributed by atoms with Crippen molar-refractivity contribution in [2.75, 3.05) is 13.7 Å². The molecule has 0 aliphatic rings. The zero-order chi connectivity index (χ0) is 19.4. The van der Waals surface area contributed by atoms with Crippen molar-refractivity contribution in [2.45, 2.75) is 40.2 Å². The van der Waals surface area contributed by atoms with Gasteiger partial charge in [0.1, 0.15) is 5.75 Å². The van der Waals surface area contributed by atoms with Gasteiger partial charge in [-0.25, -0.2) is 4.79 Å². The van der Waals surface area contributed by atoms with Crippen molar-refractivity contribution >= 4 is 11.9 Å². The summed E-state index contributed by atoms with van der Waals surface area (Å²) in [4.78, 5) is 23.5. The number of nitrogens with zero attached hydrogens (tertiary/aromatic N) is 1. The van der Waals surface area contributed by atoms with Gasteiger partial charge < -0.3 is 19.7 Å². The third-order valence-corrected chi connectivity index (χ3v) is 4.46. The Kier molecular flexibility index (Phi) is 6.08. The number of carbonyl (C=O) groups excluding carboxylic acids is 1. The van der Waals surface area contributed by atoms with Crippen molar-refractivity contribution in [1.29, 1.82) is 0 Å². The Morgan fingerprint density at radius 3 is 2.46 bits per heavy atom. The van der Waals surface area contributed by atoms with E-state index in [2.05, 4.69) is 23.7 Å². The summed E-state index contributed by atoms with van der Waals surface area (Å²) < 4.78 is 7.40. The van der Waals surface area contributed by atoms with Crippen LogP contribution < -0.4 is 10.1 Å². The van der Waals surface area contributed by atoms with Crippen molar-refractivity contribution in [3.8, 4) is 5.75 Å². The summed E-state index contributed by atoms with van der Waals surface area (Å²) in [5.41, 5.74) is 3.73. The number of rotatable bonds is 7. The van der Waals surface area contributed by atoms with E-state index in [1.54, 1.807) is 6.07 Å². The number of aromatic carboxylic acids is 1. The molecule has 0 saturated carbocycles. The second-order valence-electron chi connectivity index (χ2n) is 6.59. The van der Waals surface area contributed by atoms with E-state index in [1.807, 2.05) is 19.9 Å². The summed E-state index contributed by atoms with van der Waals surface area (Å²) in [6.07, 6.45) is 0.553. The summed E-state index contributed by atoms with van der Waals surface area (Å²) in [6, 6.07) is 6.97. The first-order valence-corrected chi connectivity index (χ1v) is 8.63. The third-order valence-electron chi connectivity index (χ3n) is 4.46. The molecule has 0 unspecified atom stereocenters. The first-order chi connectivity index (χ1) is 12.3. The lowest BCUT2D eigenvalue weighted by atomic mass is 10.1. The van der Waals surface area contributed by atoms with Crippen LogP contribution in [0.25, 0.3) is 0 Å². The zero-order valence-electron chi connectivity index (χ0n) is 15.9. The standard InChI is InChI=1S/C20H26N2O4/c1-12(2)22-13(3)10-17(14(22)4)19(23)21-9-8-15-6-7-16(20(24)25)11-18(15)26-5/h6-7,10-12H,8-9H2,1-5H3,(H,21,23)(H,24,25). The minimum atomic E-state index is -0.997. The quantitative estimate of drug-likeness (QED) is 0.795. The van der Waals surface area contributed by atoms with E-state index in [4.69, 9.17) is 9.84 Å². The maximum absolute atomic E-state index is 12.5. The van der Waals surface area contributed by atoms with Crippen LogP contribution in [0.4, 0.5) is 0 Å². The number of hydrogen-bond donors (Lipinski definition) is 2. The molecule has 0 aliphatic carbocycles. The van der Waals surface area contributed by atoms with Crippen molar-refractivity contribution in [2.24, 2.45) is 0 Å². The van der Waals surface area contributed by atoms with Crippen LogP contribution in [0.5, 0.6) is 5.75 Å². The number of amides is 1. The minimum absolute atomic E-state index is 0.105. The topological polar surface area (TPSA) is 80.6 Å². The molecule has 0 fully saturated rings. The molecule has 2 N–H and O–H groups in total. The Labute approximate surface area is 153 Å². The first-order valence-electron chi connectivity index (χ1n) is 8.63. The van der Waals surface area contributed by atoms with Gasteiger partial charge in [-0.2, -0.15) is 0 Å². The normalized spacial score (nSPS) is 10.8. The van der Waals surface area contributed by atoms with Crippen LogP contribution in [0.2, 0.25) is 0 Å². The first kappa shape index (κ1) is 19.6. The summed E-state index contributed by atoms with van der Waals surface area (Å²) in [7, 11) is 1.50. The molecule has 1 aromatic carbocycles. The largest absolute Gasteiger partial charge is 0.496 e. The van der Waals surface area contributed by atoms with Crippen molar-refractivity contribution < 1.29 is 19.4 Å². The molecule has 1 aromatic heterocycles. The van der Waals surface area contributed by atoms with E-state index in [0.717, 1.165) is 17.0 Å². The summed E-state index contributed by atoms with van der Waals surface area (Å²) >= 11 is 0. The smallest absolute Gasteiger partial charge is 0.335 e. The van der Waals surface area contributed by atoms with Crippen LogP contribution in [0.3, 0.4) is 0 Å². The predicted octanol–water partition coefficient (Wildman–Crippen LogP) is 3.37. The highest BCUT2D eigenvalue weighted by Gasteiger charge is 2.17. The molecule has 0 bridgehead atoms. The Bertz CT molecular complexity index is 821. The number of carbonyl (C=O) groups is 2. The number of ether oxygens (including phenoxy) is 1. The summed E-state index contributed by atoms with van der Waals surface area (Å²) in [5, 5.41) is 12.0. The molecule has 0 aliphatic heterocycles. The molecule has 0 spiro atoms. The SMILES string of the molecule is COc1cc(C(=O)O)ccc1CCNC(=O)c1cc(C)n(C(C)C)c1C. The molecule has 1 amide bonds. The number of methoxy groups -OCH3 is 1. The van der Waals surface area contributed by atoms with Crippen molar-refractivity contribution in [3.05, 3.63) is 52.3 Å². The predicted molar refractivity (Wildman–Crippen MR) is 100 cm³/mol. The van der Waals surface area contributed by atoms with Crippen LogP contribution in [0.15, 0.2) is 24.3 Å². The highest BCUT2D eigenvalue weighted by Crippen LogP contribution is 2.22. The Balaban J connectivity index is 2.05. The lowest BCUT2D eigenvalue weighted by Crippen LogP contribution is -2.26. The minimum Gasteiger partial charge on any atom is -0.496 e. The average molecular weight is 358 g/mol. The number of nitrogens with one attached hydrogen (secondary N) is 1. The molecule has 6 nitrogen and oxygen atoms in total. The maximum atomic E-state index is 12.5. The van der Waals surface area contributed by atoms with E-state index >= 15 is 0 Å². The van der Waals surface area contributed by atoms with Gasteiger partial charge in [-0.3, -0.25) is 4.79 Å². The van der Waals surface area contributed by atoms with Gasteiger partial charge in [-0.15, -0.1) is 0 Å². The van der Waals surface area contributed by atoms with Gasteiger partial charge in [-0.1, -0.05) is 6.07 Å². The molecule has 0 saturated heterocycles. The molecule has 0 radical (unpaired) electrons. The van der Waals surface area contributed by atoms with E-state index in [9.17, 15) is 9.59 Å². The number of aryl methyl sites for hydroxylation is 1. The lowest BCUT2D eigenvalue weighted by molar-refractivity contribution is 0.0696. The van der Waals surface area contributed by atoms with Gasteiger partial charge in [0.15, 0.2) is 0 Å². The zero-order valence-corrected chi connectivity index (χ0v) is 15.9. The molecule has 26 heavy (non-hydrogen) atoms. The maximum Gasteiger partial charge on any atom is 0.335 e. The van der Waals surface area contributed by atoms with Gasteiger partial charge in [0.05, 0.1) is 18.2 Å². The molecule has 0 atom stereocenters. The molecular weight excluding hydrogens is 332 g/mol. The van der Waals surface area contributed by atoms with Gasteiger partial charge in [0.25, 0.3) is 5.91 Å². The second kappa shape index (κ2) is 8.08. The number of benzene rings is 1. The van der Waals surface area contributed by atoms with Gasteiger partial charge in [-0.05, 0) is 57.9 Å². The Hall–Kier alpha value is -2.76. The second-order valence-corrected chi connectivity index (χ2v) is 6.59. The third kappa shape index (κ3) is 4.07. The molecular formula is C20H26N2O4. The van der Waals surface area contributed by atoms with Crippen molar-refractivity contribution in [3.63, 3.8) is 0 Å². The highest BCUT2D eigenvalue weighted by atomic mass is 16.5. The average Bonchev–Trinajstić information content (AvgIpc) is 2.89. The van der Waals surface area contributed by atoms with E-state index in [0.29, 0.717) is 30.3 Å². The Morgan fingerprint density at radius 2 is 1.92 bits per heavy atom. The molecule has 140 valence electrons. The van der Waals surface area contributed by atoms with Crippen LogP contribution in [0, 0.1) is 13.8 Å². The van der Waals surface area contributed by atoms with Crippen LogP contribution in [-0.2, 0) is 6.42 Å². The number of aromatic nitrogens is 1. The Morgan fingerprint density at radius 1 is 1.23 bits per heavy atom. The monoisotopic (exact) mass is 358 g/mol. The molecule has 6 heteroatoms. The molecule has 1 heterocycles. The fourth-order valence-electron chi connectivity index (χ4n) is 3.29.